The standard InChI is InChI=1S/C14H22N4/c1-9(2)14(4,5)8-18-12-11(17-13(18)15)6-10(3)7-16-12/h6-7,9H,8H2,1-5H3,(H2,15,17). The zero-order chi connectivity index (χ0) is 13.5. The van der Waals surface area contributed by atoms with E-state index in [1.165, 1.54) is 0 Å². The minimum absolute atomic E-state index is 0.161. The van der Waals surface area contributed by atoms with Crippen LogP contribution in [0.2, 0.25) is 0 Å². The molecule has 2 rings (SSSR count). The highest BCUT2D eigenvalue weighted by atomic mass is 15.2. The van der Waals surface area contributed by atoms with E-state index in [-0.39, 0.29) is 5.41 Å². The quantitative estimate of drug-likeness (QED) is 0.905. The van der Waals surface area contributed by atoms with E-state index in [9.17, 15) is 0 Å². The Morgan fingerprint density at radius 2 is 2.06 bits per heavy atom. The number of hydrogen-bond donors (Lipinski definition) is 1. The number of nitrogens with zero attached hydrogens (tertiary/aromatic N) is 3. The fourth-order valence-electron chi connectivity index (χ4n) is 1.88. The lowest BCUT2D eigenvalue weighted by Crippen LogP contribution is -2.26. The first-order valence-electron chi connectivity index (χ1n) is 6.39. The van der Waals surface area contributed by atoms with E-state index >= 15 is 0 Å². The first kappa shape index (κ1) is 12.9. The van der Waals surface area contributed by atoms with E-state index in [1.807, 2.05) is 23.8 Å². The van der Waals surface area contributed by atoms with Crippen LogP contribution in [0.5, 0.6) is 0 Å². The van der Waals surface area contributed by atoms with E-state index in [0.717, 1.165) is 23.3 Å². The van der Waals surface area contributed by atoms with Crippen molar-refractivity contribution in [3.05, 3.63) is 17.8 Å². The van der Waals surface area contributed by atoms with Gasteiger partial charge in [-0.15, -0.1) is 0 Å². The van der Waals surface area contributed by atoms with Crippen molar-refractivity contribution in [1.82, 2.24) is 14.5 Å². The van der Waals surface area contributed by atoms with Gasteiger partial charge in [0.05, 0.1) is 0 Å². The predicted octanol–water partition coefficient (Wildman–Crippen LogP) is 3.00. The lowest BCUT2D eigenvalue weighted by atomic mass is 9.81. The average molecular weight is 246 g/mol. The lowest BCUT2D eigenvalue weighted by Gasteiger charge is -2.30. The summed E-state index contributed by atoms with van der Waals surface area (Å²) in [5, 5.41) is 0. The molecule has 0 fully saturated rings. The van der Waals surface area contributed by atoms with Gasteiger partial charge in [0, 0.05) is 12.7 Å². The molecule has 0 amide bonds. The summed E-state index contributed by atoms with van der Waals surface area (Å²) in [6, 6.07) is 2.03. The Labute approximate surface area is 108 Å². The van der Waals surface area contributed by atoms with Gasteiger partial charge in [-0.25, -0.2) is 9.97 Å². The minimum atomic E-state index is 0.161. The van der Waals surface area contributed by atoms with E-state index < -0.39 is 0 Å². The number of aromatic nitrogens is 3. The van der Waals surface area contributed by atoms with Gasteiger partial charge in [0.1, 0.15) is 5.52 Å². The molecule has 0 aromatic carbocycles. The van der Waals surface area contributed by atoms with Gasteiger partial charge < -0.3 is 5.73 Å². The summed E-state index contributed by atoms with van der Waals surface area (Å²) >= 11 is 0. The summed E-state index contributed by atoms with van der Waals surface area (Å²) in [7, 11) is 0. The normalized spacial score (nSPS) is 12.6. The van der Waals surface area contributed by atoms with Crippen LogP contribution >= 0.6 is 0 Å². The van der Waals surface area contributed by atoms with E-state index in [2.05, 4.69) is 37.7 Å². The third kappa shape index (κ3) is 2.19. The Balaban J connectivity index is 2.48. The van der Waals surface area contributed by atoms with Crippen LogP contribution in [-0.2, 0) is 6.54 Å². The lowest BCUT2D eigenvalue weighted by molar-refractivity contribution is 0.213. The Morgan fingerprint density at radius 3 is 2.67 bits per heavy atom. The maximum absolute atomic E-state index is 6.02. The zero-order valence-corrected chi connectivity index (χ0v) is 11.9. The third-order valence-electron chi connectivity index (χ3n) is 3.88. The van der Waals surface area contributed by atoms with Gasteiger partial charge in [-0.1, -0.05) is 27.7 Å². The molecule has 0 saturated heterocycles. The number of pyridine rings is 1. The van der Waals surface area contributed by atoms with Crippen molar-refractivity contribution in [2.75, 3.05) is 5.73 Å². The smallest absolute Gasteiger partial charge is 0.202 e. The molecule has 0 saturated carbocycles. The Kier molecular flexibility index (Phi) is 3.05. The van der Waals surface area contributed by atoms with Crippen molar-refractivity contribution >= 4 is 17.1 Å². The number of rotatable bonds is 3. The molecule has 0 aliphatic heterocycles. The first-order chi connectivity index (χ1) is 8.31. The number of fused-ring (bicyclic) bond motifs is 1. The highest BCUT2D eigenvalue weighted by Gasteiger charge is 2.25. The molecule has 4 nitrogen and oxygen atoms in total. The number of nitrogens with two attached hydrogens (primary N) is 1. The number of nitrogen functional groups attached to an aromatic ring is 1. The highest BCUT2D eigenvalue weighted by molar-refractivity contribution is 5.74. The molecule has 2 aromatic heterocycles. The highest BCUT2D eigenvalue weighted by Crippen LogP contribution is 2.30. The Bertz CT molecular complexity index is 566. The van der Waals surface area contributed by atoms with Gasteiger partial charge in [-0.3, -0.25) is 4.57 Å². The topological polar surface area (TPSA) is 56.7 Å². The van der Waals surface area contributed by atoms with E-state index in [1.54, 1.807) is 0 Å². The van der Waals surface area contributed by atoms with Gasteiger partial charge in [-0.05, 0) is 29.9 Å². The maximum atomic E-state index is 6.02. The number of aryl methyl sites for hydroxylation is 1. The second-order valence-electron chi connectivity index (χ2n) is 6.05. The number of anilines is 1. The van der Waals surface area contributed by atoms with Crippen molar-refractivity contribution < 1.29 is 0 Å². The van der Waals surface area contributed by atoms with Crippen LogP contribution in [-0.4, -0.2) is 14.5 Å². The average Bonchev–Trinajstić information content (AvgIpc) is 2.54. The molecule has 0 aliphatic rings. The van der Waals surface area contributed by atoms with Crippen molar-refractivity contribution in [1.29, 1.82) is 0 Å². The maximum Gasteiger partial charge on any atom is 0.202 e. The zero-order valence-electron chi connectivity index (χ0n) is 11.9. The number of hydrogen-bond acceptors (Lipinski definition) is 3. The molecule has 0 unspecified atom stereocenters. The summed E-state index contributed by atoms with van der Waals surface area (Å²) in [4.78, 5) is 8.86. The summed E-state index contributed by atoms with van der Waals surface area (Å²) in [5.74, 6) is 1.12. The van der Waals surface area contributed by atoms with Crippen molar-refractivity contribution in [3.8, 4) is 0 Å². The summed E-state index contributed by atoms with van der Waals surface area (Å²) in [6.45, 7) is 11.8. The molecule has 2 N–H and O–H groups in total. The molecule has 18 heavy (non-hydrogen) atoms. The molecule has 2 aromatic rings. The van der Waals surface area contributed by atoms with Crippen LogP contribution in [0.3, 0.4) is 0 Å². The van der Waals surface area contributed by atoms with Crippen LogP contribution in [0.4, 0.5) is 5.95 Å². The van der Waals surface area contributed by atoms with Gasteiger partial charge >= 0.3 is 0 Å². The van der Waals surface area contributed by atoms with Crippen molar-refractivity contribution in [2.24, 2.45) is 11.3 Å². The van der Waals surface area contributed by atoms with E-state index in [0.29, 0.717) is 11.9 Å². The molecule has 0 spiro atoms. The second kappa shape index (κ2) is 4.26. The van der Waals surface area contributed by atoms with Crippen LogP contribution in [0.1, 0.15) is 33.3 Å². The van der Waals surface area contributed by atoms with Crippen molar-refractivity contribution in [3.63, 3.8) is 0 Å². The SMILES string of the molecule is Cc1cnc2c(c1)nc(N)n2CC(C)(C)C(C)C. The molecule has 98 valence electrons. The Hall–Kier alpha value is -1.58. The summed E-state index contributed by atoms with van der Waals surface area (Å²) in [6.07, 6.45) is 1.86. The molecule has 0 bridgehead atoms. The number of imidazole rings is 1. The molecule has 0 aliphatic carbocycles. The van der Waals surface area contributed by atoms with Gasteiger partial charge in [0.2, 0.25) is 5.95 Å². The fourth-order valence-corrected chi connectivity index (χ4v) is 1.88. The van der Waals surface area contributed by atoms with Gasteiger partial charge in [-0.2, -0.15) is 0 Å². The fraction of sp³-hybridized carbons (Fsp3) is 0.571. The first-order valence-corrected chi connectivity index (χ1v) is 6.39. The van der Waals surface area contributed by atoms with E-state index in [4.69, 9.17) is 5.73 Å². The molecular weight excluding hydrogens is 224 g/mol. The Morgan fingerprint density at radius 1 is 1.39 bits per heavy atom. The summed E-state index contributed by atoms with van der Waals surface area (Å²) in [5.41, 5.74) is 9.05. The van der Waals surface area contributed by atoms with Gasteiger partial charge in [0.15, 0.2) is 5.65 Å². The minimum Gasteiger partial charge on any atom is -0.369 e. The molecule has 2 heterocycles. The molecule has 4 heteroatoms. The van der Waals surface area contributed by atoms with Crippen molar-refractivity contribution in [2.45, 2.75) is 41.2 Å². The molecule has 0 atom stereocenters. The predicted molar refractivity (Wildman–Crippen MR) is 75.3 cm³/mol. The van der Waals surface area contributed by atoms with Gasteiger partial charge in [0.25, 0.3) is 0 Å². The van der Waals surface area contributed by atoms with Crippen LogP contribution in [0.15, 0.2) is 12.3 Å². The monoisotopic (exact) mass is 246 g/mol. The van der Waals surface area contributed by atoms with Crippen LogP contribution in [0, 0.1) is 18.3 Å². The molecular formula is C14H22N4. The summed E-state index contributed by atoms with van der Waals surface area (Å²) < 4.78 is 2.02. The third-order valence-corrected chi connectivity index (χ3v) is 3.88. The van der Waals surface area contributed by atoms with Crippen LogP contribution < -0.4 is 5.73 Å². The van der Waals surface area contributed by atoms with Crippen LogP contribution in [0.25, 0.3) is 11.2 Å². The largest absolute Gasteiger partial charge is 0.369 e. The second-order valence-corrected chi connectivity index (χ2v) is 6.05. The molecule has 0 radical (unpaired) electrons.